The van der Waals surface area contributed by atoms with Crippen molar-refractivity contribution in [2.75, 3.05) is 13.2 Å². The lowest BCUT2D eigenvalue weighted by Crippen LogP contribution is -2.28. The van der Waals surface area contributed by atoms with Gasteiger partial charge in [-0.05, 0) is 6.42 Å². The fraction of sp³-hybridized carbons (Fsp3) is 0.833. The quantitative estimate of drug-likeness (QED) is 0.652. The molecule has 0 aliphatic carbocycles. The molecule has 0 unspecified atom stereocenters. The van der Waals surface area contributed by atoms with Crippen molar-refractivity contribution in [3.63, 3.8) is 0 Å². The van der Waals surface area contributed by atoms with Gasteiger partial charge in [0.05, 0.1) is 0 Å². The molecule has 0 saturated heterocycles. The number of hydroxylamine groups is 1. The number of nitrogens with zero attached hydrogens (tertiary/aromatic N) is 1. The second-order valence-electron chi connectivity index (χ2n) is 2.44. The molecule has 1 aliphatic heterocycles. The first-order valence-electron chi connectivity index (χ1n) is 3.56. The molecule has 0 aromatic carbocycles. The highest BCUT2D eigenvalue weighted by molar-refractivity contribution is 5.82. The molecule has 0 radical (unpaired) electrons. The van der Waals surface area contributed by atoms with Crippen LogP contribution in [0.3, 0.4) is 0 Å². The number of halogens is 3. The van der Waals surface area contributed by atoms with Gasteiger partial charge in [0.15, 0.2) is 6.61 Å². The Morgan fingerprint density at radius 2 is 2.25 bits per heavy atom. The van der Waals surface area contributed by atoms with Crippen LogP contribution in [0.5, 0.6) is 0 Å². The second kappa shape index (κ2) is 3.75. The number of rotatable bonds is 2. The summed E-state index contributed by atoms with van der Waals surface area (Å²) in [4.78, 5) is 8.04. The number of hydrogen-bond donors (Lipinski definition) is 1. The molecular weight excluding hydrogens is 173 g/mol. The van der Waals surface area contributed by atoms with Gasteiger partial charge in [0.25, 0.3) is 0 Å². The average molecular weight is 182 g/mol. The first kappa shape index (κ1) is 9.31. The van der Waals surface area contributed by atoms with Crippen LogP contribution < -0.4 is 5.48 Å². The van der Waals surface area contributed by atoms with Crippen LogP contribution in [-0.4, -0.2) is 25.2 Å². The predicted octanol–water partition coefficient (Wildman–Crippen LogP) is 1.26. The molecule has 1 rings (SSSR count). The van der Waals surface area contributed by atoms with Crippen LogP contribution in [0.15, 0.2) is 4.99 Å². The van der Waals surface area contributed by atoms with E-state index in [4.69, 9.17) is 0 Å². The van der Waals surface area contributed by atoms with Gasteiger partial charge < -0.3 is 0 Å². The van der Waals surface area contributed by atoms with Crippen molar-refractivity contribution in [2.24, 2.45) is 4.99 Å². The van der Waals surface area contributed by atoms with Gasteiger partial charge in [-0.1, -0.05) is 0 Å². The van der Waals surface area contributed by atoms with Crippen LogP contribution in [-0.2, 0) is 4.84 Å². The Kier molecular flexibility index (Phi) is 2.91. The van der Waals surface area contributed by atoms with Crippen LogP contribution in [0.2, 0.25) is 0 Å². The standard InChI is InChI=1S/C6H9F3N2O/c7-6(8,9)4-12-11-5-2-1-3-10-5/h1-4H2,(H,10,11). The molecular formula is C6H9F3N2O. The summed E-state index contributed by atoms with van der Waals surface area (Å²) in [5, 5.41) is 0. The summed E-state index contributed by atoms with van der Waals surface area (Å²) in [6.07, 6.45) is -2.75. The molecule has 70 valence electrons. The average Bonchev–Trinajstić information content (AvgIpc) is 2.36. The van der Waals surface area contributed by atoms with Crippen molar-refractivity contribution in [2.45, 2.75) is 19.0 Å². The van der Waals surface area contributed by atoms with Crippen molar-refractivity contribution in [1.82, 2.24) is 5.48 Å². The molecule has 0 saturated carbocycles. The van der Waals surface area contributed by atoms with Crippen molar-refractivity contribution in [3.8, 4) is 0 Å². The zero-order chi connectivity index (χ0) is 9.03. The van der Waals surface area contributed by atoms with E-state index in [9.17, 15) is 13.2 Å². The van der Waals surface area contributed by atoms with Gasteiger partial charge in [-0.2, -0.15) is 13.2 Å². The third kappa shape index (κ3) is 3.56. The van der Waals surface area contributed by atoms with Crippen molar-refractivity contribution in [1.29, 1.82) is 0 Å². The lowest BCUT2D eigenvalue weighted by Gasteiger charge is -2.08. The van der Waals surface area contributed by atoms with Crippen LogP contribution in [0, 0.1) is 0 Å². The summed E-state index contributed by atoms with van der Waals surface area (Å²) < 4.78 is 34.6. The second-order valence-corrected chi connectivity index (χ2v) is 2.44. The number of alkyl halides is 3. The van der Waals surface area contributed by atoms with Crippen LogP contribution in [0.1, 0.15) is 12.8 Å². The van der Waals surface area contributed by atoms with E-state index in [1.165, 1.54) is 0 Å². The van der Waals surface area contributed by atoms with Gasteiger partial charge in [0.1, 0.15) is 5.84 Å². The van der Waals surface area contributed by atoms with E-state index in [1.807, 2.05) is 0 Å². The summed E-state index contributed by atoms with van der Waals surface area (Å²) in [6.45, 7) is -0.621. The topological polar surface area (TPSA) is 33.6 Å². The van der Waals surface area contributed by atoms with Crippen molar-refractivity contribution >= 4 is 5.84 Å². The van der Waals surface area contributed by atoms with Crippen molar-refractivity contribution < 1.29 is 18.0 Å². The van der Waals surface area contributed by atoms with Gasteiger partial charge in [-0.25, -0.2) is 0 Å². The van der Waals surface area contributed by atoms with Gasteiger partial charge >= 0.3 is 6.18 Å². The highest BCUT2D eigenvalue weighted by Gasteiger charge is 2.28. The Hall–Kier alpha value is -0.780. The first-order chi connectivity index (χ1) is 5.58. The van der Waals surface area contributed by atoms with Gasteiger partial charge in [0.2, 0.25) is 0 Å². The minimum Gasteiger partial charge on any atom is -0.271 e. The normalized spacial score (nSPS) is 17.8. The van der Waals surface area contributed by atoms with E-state index in [2.05, 4.69) is 15.3 Å². The Labute approximate surface area is 67.6 Å². The third-order valence-corrected chi connectivity index (χ3v) is 1.30. The minimum atomic E-state index is -4.29. The molecule has 0 atom stereocenters. The summed E-state index contributed by atoms with van der Waals surface area (Å²) in [6, 6.07) is 0. The van der Waals surface area contributed by atoms with Crippen LogP contribution in [0.4, 0.5) is 13.2 Å². The Balaban J connectivity index is 2.10. The zero-order valence-corrected chi connectivity index (χ0v) is 6.32. The number of hydrogen-bond acceptors (Lipinski definition) is 3. The molecule has 12 heavy (non-hydrogen) atoms. The monoisotopic (exact) mass is 182 g/mol. The molecule has 1 aliphatic rings. The molecule has 0 amide bonds. The maximum atomic E-state index is 11.5. The van der Waals surface area contributed by atoms with E-state index < -0.39 is 12.8 Å². The summed E-state index contributed by atoms with van der Waals surface area (Å²) >= 11 is 0. The summed E-state index contributed by atoms with van der Waals surface area (Å²) in [7, 11) is 0. The highest BCUT2D eigenvalue weighted by Crippen LogP contribution is 2.13. The largest absolute Gasteiger partial charge is 0.414 e. The maximum absolute atomic E-state index is 11.5. The highest BCUT2D eigenvalue weighted by atomic mass is 19.4. The Morgan fingerprint density at radius 1 is 1.50 bits per heavy atom. The molecule has 1 heterocycles. The van der Waals surface area contributed by atoms with Gasteiger partial charge in [0, 0.05) is 13.0 Å². The van der Waals surface area contributed by atoms with Gasteiger partial charge in [-0.15, -0.1) is 0 Å². The summed E-state index contributed by atoms with van der Waals surface area (Å²) in [5.74, 6) is 0.499. The van der Waals surface area contributed by atoms with E-state index in [0.717, 1.165) is 6.42 Å². The lowest BCUT2D eigenvalue weighted by molar-refractivity contribution is -0.182. The van der Waals surface area contributed by atoms with E-state index >= 15 is 0 Å². The lowest BCUT2D eigenvalue weighted by atomic mass is 10.3. The van der Waals surface area contributed by atoms with E-state index in [1.54, 1.807) is 0 Å². The molecule has 0 fully saturated rings. The zero-order valence-electron chi connectivity index (χ0n) is 6.32. The molecule has 6 heteroatoms. The first-order valence-corrected chi connectivity index (χ1v) is 3.56. The van der Waals surface area contributed by atoms with E-state index in [0.29, 0.717) is 18.8 Å². The maximum Gasteiger partial charge on any atom is 0.414 e. The molecule has 0 bridgehead atoms. The molecule has 0 aromatic heterocycles. The Bertz CT molecular complexity index is 178. The van der Waals surface area contributed by atoms with Crippen LogP contribution in [0.25, 0.3) is 0 Å². The van der Waals surface area contributed by atoms with E-state index in [-0.39, 0.29) is 0 Å². The summed E-state index contributed by atoms with van der Waals surface area (Å²) in [5.41, 5.74) is 2.17. The minimum absolute atomic E-state index is 0.499. The smallest absolute Gasteiger partial charge is 0.271 e. The Morgan fingerprint density at radius 3 is 2.75 bits per heavy atom. The van der Waals surface area contributed by atoms with Crippen LogP contribution >= 0.6 is 0 Å². The number of amidine groups is 1. The molecule has 1 N–H and O–H groups in total. The van der Waals surface area contributed by atoms with Crippen molar-refractivity contribution in [3.05, 3.63) is 0 Å². The SMILES string of the molecule is FC(F)(F)CONC1=NCCC1. The number of aliphatic imine (C=N–C) groups is 1. The molecule has 0 spiro atoms. The fourth-order valence-corrected chi connectivity index (χ4v) is 0.824. The molecule has 0 aromatic rings. The number of nitrogens with one attached hydrogen (secondary N) is 1. The van der Waals surface area contributed by atoms with Gasteiger partial charge in [-0.3, -0.25) is 15.3 Å². The molecule has 3 nitrogen and oxygen atoms in total. The predicted molar refractivity (Wildman–Crippen MR) is 36.7 cm³/mol. The third-order valence-electron chi connectivity index (χ3n) is 1.30. The fourth-order valence-electron chi connectivity index (χ4n) is 0.824.